The van der Waals surface area contributed by atoms with Crippen LogP contribution in [-0.2, 0) is 18.3 Å². The molecule has 2 aromatic heterocycles. The van der Waals surface area contributed by atoms with Gasteiger partial charge in [0, 0.05) is 28.5 Å². The summed E-state index contributed by atoms with van der Waals surface area (Å²) < 4.78 is 59.2. The third kappa shape index (κ3) is 6.18. The van der Waals surface area contributed by atoms with Gasteiger partial charge in [0.05, 0.1) is 20.5 Å². The molecule has 1 amide bonds. The highest BCUT2D eigenvalue weighted by Gasteiger charge is 2.26. The fraction of sp³-hybridized carbons (Fsp3) is 0.346. The van der Waals surface area contributed by atoms with E-state index in [2.05, 4.69) is 14.9 Å². The number of pyridine rings is 1. The van der Waals surface area contributed by atoms with E-state index in [9.17, 15) is 19.1 Å². The number of nitrogens with two attached hydrogens (primary N) is 1. The number of nitrogen functional groups attached to an aromatic ring is 1. The number of nitrogens with zero attached hydrogens (tertiary/aromatic N) is 5. The smallest absolute Gasteiger partial charge is 0.410 e. The second-order valence-electron chi connectivity index (χ2n) is 9.25. The third-order valence-electron chi connectivity index (χ3n) is 5.13. The maximum absolute atomic E-state index is 14.2. The Morgan fingerprint density at radius 1 is 1.39 bits per heavy atom. The molecule has 38 heavy (non-hydrogen) atoms. The first kappa shape index (κ1) is 22.5. The summed E-state index contributed by atoms with van der Waals surface area (Å²) in [5.74, 6) is -3.38. The number of halogens is 1. The highest BCUT2D eigenvalue weighted by atomic mass is 19.1. The Morgan fingerprint density at radius 3 is 2.71 bits per heavy atom. The molecule has 0 radical (unpaired) electrons. The normalized spacial score (nSPS) is 14.7. The Balaban J connectivity index is 2.15. The van der Waals surface area contributed by atoms with E-state index >= 15 is 0 Å². The van der Waals surface area contributed by atoms with E-state index in [0.29, 0.717) is 6.07 Å². The fourth-order valence-electron chi connectivity index (χ4n) is 3.46. The van der Waals surface area contributed by atoms with Crippen molar-refractivity contribution in [1.82, 2.24) is 19.7 Å². The minimum absolute atomic E-state index is 0.0337. The van der Waals surface area contributed by atoms with E-state index < -0.39 is 53.3 Å². The van der Waals surface area contributed by atoms with E-state index in [-0.39, 0.29) is 35.0 Å². The molecule has 1 aromatic carbocycles. The van der Waals surface area contributed by atoms with Crippen LogP contribution in [0.1, 0.15) is 60.8 Å². The molecule has 0 aliphatic heterocycles. The number of aromatic nitrogens is 3. The van der Waals surface area contributed by atoms with Crippen LogP contribution in [-0.4, -0.2) is 49.5 Å². The molecular weight excluding hydrogens is 495 g/mol. The predicted molar refractivity (Wildman–Crippen MR) is 137 cm³/mol. The molecule has 0 spiro atoms. The minimum atomic E-state index is -3.34. The van der Waals surface area contributed by atoms with Crippen molar-refractivity contribution in [2.45, 2.75) is 45.8 Å². The quantitative estimate of drug-likeness (QED) is 0.411. The van der Waals surface area contributed by atoms with Gasteiger partial charge in [-0.3, -0.25) is 0 Å². The second kappa shape index (κ2) is 10.8. The number of hydrogen-bond acceptors (Lipinski definition) is 7. The first-order valence-electron chi connectivity index (χ1n) is 13.1. The Bertz CT molecular complexity index is 1580. The summed E-state index contributed by atoms with van der Waals surface area (Å²) in [7, 11) is 2.99. The lowest BCUT2D eigenvalue weighted by atomic mass is 10.0. The maximum Gasteiger partial charge on any atom is 0.410 e. The van der Waals surface area contributed by atoms with Crippen molar-refractivity contribution in [3.63, 3.8) is 0 Å². The molecule has 1 atom stereocenters. The number of amides is 1. The third-order valence-corrected chi connectivity index (χ3v) is 5.13. The predicted octanol–water partition coefficient (Wildman–Crippen LogP) is 4.96. The van der Waals surface area contributed by atoms with E-state index in [1.54, 1.807) is 20.8 Å². The highest BCUT2D eigenvalue weighted by molar-refractivity contribution is 5.89. The number of aromatic carboxylic acids is 1. The van der Waals surface area contributed by atoms with Crippen LogP contribution in [0.2, 0.25) is 0 Å². The van der Waals surface area contributed by atoms with Crippen molar-refractivity contribution in [2.24, 2.45) is 7.05 Å². The summed E-state index contributed by atoms with van der Waals surface area (Å²) in [4.78, 5) is 33.2. The molecule has 1 unspecified atom stereocenters. The van der Waals surface area contributed by atoms with Crippen molar-refractivity contribution in [2.75, 3.05) is 12.8 Å². The fourth-order valence-corrected chi connectivity index (χ4v) is 3.46. The van der Waals surface area contributed by atoms with E-state index in [4.69, 9.17) is 27.3 Å². The number of carbonyl (C=O) groups is 2. The van der Waals surface area contributed by atoms with Crippen LogP contribution in [0.25, 0.3) is 16.0 Å². The summed E-state index contributed by atoms with van der Waals surface area (Å²) >= 11 is 0. The highest BCUT2D eigenvalue weighted by Crippen LogP contribution is 2.38. The molecular formula is C26H29FN6O5. The van der Waals surface area contributed by atoms with E-state index in [0.717, 1.165) is 12.1 Å². The summed E-state index contributed by atoms with van der Waals surface area (Å²) in [6.45, 7) is 9.36. The number of hydrogen-bond donors (Lipinski definition) is 2. The van der Waals surface area contributed by atoms with E-state index in [1.807, 2.05) is 0 Å². The van der Waals surface area contributed by atoms with Gasteiger partial charge < -0.3 is 30.1 Å². The number of carboxylic acids is 1. The van der Waals surface area contributed by atoms with Gasteiger partial charge >= 0.3 is 12.1 Å². The largest absolute Gasteiger partial charge is 0.482 e. The van der Waals surface area contributed by atoms with Crippen LogP contribution in [0.3, 0.4) is 0 Å². The molecule has 3 aromatic rings. The Hall–Kier alpha value is -4.66. The van der Waals surface area contributed by atoms with Gasteiger partial charge in [-0.05, 0) is 57.5 Å². The van der Waals surface area contributed by atoms with Crippen LogP contribution in [0.5, 0.6) is 5.75 Å². The minimum Gasteiger partial charge on any atom is -0.482 e. The maximum atomic E-state index is 14.2. The molecule has 12 heteroatoms. The van der Waals surface area contributed by atoms with Crippen LogP contribution in [0.4, 0.5) is 20.8 Å². The zero-order chi connectivity index (χ0) is 31.8. The van der Waals surface area contributed by atoms with Crippen molar-refractivity contribution >= 4 is 23.7 Å². The number of carbonyl (C=O) groups excluding carboxylic acids is 1. The molecule has 0 saturated heterocycles. The second-order valence-corrected chi connectivity index (χ2v) is 9.25. The number of rotatable bonds is 7. The zero-order valence-corrected chi connectivity index (χ0v) is 21.4. The molecule has 0 bridgehead atoms. The monoisotopic (exact) mass is 528 g/mol. The molecule has 11 nitrogen and oxygen atoms in total. The lowest BCUT2D eigenvalue weighted by Gasteiger charge is -2.24. The van der Waals surface area contributed by atoms with Crippen LogP contribution >= 0.6 is 0 Å². The van der Waals surface area contributed by atoms with Gasteiger partial charge in [-0.25, -0.2) is 23.6 Å². The zero-order valence-electron chi connectivity index (χ0n) is 25.4. The molecule has 0 aliphatic rings. The first-order chi connectivity index (χ1) is 19.3. The summed E-state index contributed by atoms with van der Waals surface area (Å²) in [5, 5.41) is 14.0. The number of benzene rings is 1. The summed E-state index contributed by atoms with van der Waals surface area (Å²) in [6.07, 6.45) is -2.53. The van der Waals surface area contributed by atoms with Crippen LogP contribution < -0.4 is 10.5 Å². The topological polar surface area (TPSA) is 137 Å². The first-order valence-corrected chi connectivity index (χ1v) is 11.1. The van der Waals surface area contributed by atoms with Gasteiger partial charge in [0.2, 0.25) is 0 Å². The Morgan fingerprint density at radius 2 is 2.11 bits per heavy atom. The van der Waals surface area contributed by atoms with Gasteiger partial charge in [-0.2, -0.15) is 0 Å². The number of anilines is 1. The molecule has 2 heterocycles. The van der Waals surface area contributed by atoms with Gasteiger partial charge in [-0.1, -0.05) is 6.57 Å². The van der Waals surface area contributed by atoms with Crippen molar-refractivity contribution in [1.29, 1.82) is 0 Å². The van der Waals surface area contributed by atoms with Crippen LogP contribution in [0, 0.1) is 12.4 Å². The van der Waals surface area contributed by atoms with Gasteiger partial charge in [0.15, 0.2) is 11.6 Å². The lowest BCUT2D eigenvalue weighted by Crippen LogP contribution is -2.34. The average Bonchev–Trinajstić information content (AvgIpc) is 3.17. The number of ether oxygens (including phenoxy) is 2. The molecule has 0 fully saturated rings. The van der Waals surface area contributed by atoms with Gasteiger partial charge in [-0.15, -0.1) is 5.10 Å². The molecule has 3 rings (SSSR count). The lowest BCUT2D eigenvalue weighted by molar-refractivity contribution is 0.0283. The summed E-state index contributed by atoms with van der Waals surface area (Å²) in [6, 6.07) is 3.45. The number of aryl methyl sites for hydroxylation is 1. The van der Waals surface area contributed by atoms with Gasteiger partial charge in [0.1, 0.15) is 23.2 Å². The molecule has 3 N–H and O–H groups in total. The summed E-state index contributed by atoms with van der Waals surface area (Å²) in [5.41, 5.74) is 4.39. The standard InChI is InChI=1S/C26H29FN6O5/c1-14(18-11-16(27)8-9-17(18)24(34)35)37-20-10-15(12-30-22(20)28)21-19(31-33(7)23(21)29-5)13-32(6)25(36)38-26(2,3)4/h8-12,14H,13H2,1-4,6-7H3,(H2,28,30)(H,34,35)/i1D3,14D. The SMILES string of the molecule is [2H]C([2H])([2H])C([2H])(Oc1cc(-c2c(CN(C)C(=O)OC(C)(C)C)nn(C)c2[N+]#[C-])cnc1N)c1cc(F)ccc1C(=O)O. The molecule has 0 aliphatic carbocycles. The average molecular weight is 529 g/mol. The van der Waals surface area contributed by atoms with Gasteiger partial charge in [0.25, 0.3) is 5.82 Å². The Labute approximate surface area is 225 Å². The van der Waals surface area contributed by atoms with E-state index in [1.165, 1.54) is 35.9 Å². The Kier molecular flexibility index (Phi) is 6.38. The molecule has 200 valence electrons. The van der Waals surface area contributed by atoms with Crippen molar-refractivity contribution < 1.29 is 34.0 Å². The van der Waals surface area contributed by atoms with Crippen LogP contribution in [0.15, 0.2) is 30.5 Å². The van der Waals surface area contributed by atoms with Crippen molar-refractivity contribution in [3.8, 4) is 16.9 Å². The van der Waals surface area contributed by atoms with Crippen molar-refractivity contribution in [3.05, 3.63) is 64.5 Å². The number of carboxylic acid groups (broad SMARTS) is 1. The molecule has 0 saturated carbocycles.